The largest absolute Gasteiger partial charge is 0.285 e. The Hall–Kier alpha value is -0.990. The zero-order chi connectivity index (χ0) is 14.5. The lowest BCUT2D eigenvalue weighted by atomic mass is 10.1. The van der Waals surface area contributed by atoms with E-state index >= 15 is 0 Å². The van der Waals surface area contributed by atoms with Crippen LogP contribution in [0.4, 0.5) is 0 Å². The first-order valence-electron chi connectivity index (χ1n) is 5.13. The molecule has 3 N–H and O–H groups in total. The third kappa shape index (κ3) is 1.81. The topological polar surface area (TPSA) is 106 Å². The molecule has 1 aromatic carbocycles. The number of halogens is 2. The predicted molar refractivity (Wildman–Crippen MR) is 69.0 cm³/mol. The molecule has 6 nitrogen and oxygen atoms in total. The number of hydrazine groups is 1. The van der Waals surface area contributed by atoms with Gasteiger partial charge in [-0.1, -0.05) is 30.1 Å². The minimum Gasteiger partial charge on any atom is -0.285 e. The van der Waals surface area contributed by atoms with E-state index < -0.39 is 21.6 Å². The Morgan fingerprint density at radius 1 is 1.11 bits per heavy atom. The fraction of sp³-hybridized carbons (Fsp3) is 0.200. The first-order chi connectivity index (χ1) is 8.77. The zero-order valence-corrected chi connectivity index (χ0v) is 11.9. The second-order valence-corrected chi connectivity index (χ2v) is 6.23. The van der Waals surface area contributed by atoms with Gasteiger partial charge in [0.15, 0.2) is 0 Å². The second kappa shape index (κ2) is 4.53. The summed E-state index contributed by atoms with van der Waals surface area (Å²) in [5.41, 5.74) is -0.302. The third-order valence-corrected chi connectivity index (χ3v) is 5.04. The molecule has 2 rings (SSSR count). The highest BCUT2D eigenvalue weighted by Gasteiger charge is 2.41. The minimum absolute atomic E-state index is 0.0903. The highest BCUT2D eigenvalue weighted by atomic mass is 35.5. The molecular weight excluding hydrogens is 315 g/mol. The maximum absolute atomic E-state index is 11.9. The summed E-state index contributed by atoms with van der Waals surface area (Å²) < 4.78 is 23.7. The van der Waals surface area contributed by atoms with Crippen molar-refractivity contribution in [1.29, 1.82) is 0 Å². The molecule has 1 aliphatic carbocycles. The highest BCUT2D eigenvalue weighted by Crippen LogP contribution is 2.43. The lowest BCUT2D eigenvalue weighted by Crippen LogP contribution is -2.31. The molecule has 0 saturated carbocycles. The molecule has 0 radical (unpaired) electrons. The van der Waals surface area contributed by atoms with Crippen molar-refractivity contribution in [1.82, 2.24) is 4.83 Å². The van der Waals surface area contributed by atoms with Crippen LogP contribution in [0.15, 0.2) is 4.90 Å². The second-order valence-electron chi connectivity index (χ2n) is 3.82. The van der Waals surface area contributed by atoms with Gasteiger partial charge < -0.3 is 0 Å². The lowest BCUT2D eigenvalue weighted by molar-refractivity contribution is 0.0825. The molecule has 0 aliphatic heterocycles. The molecule has 0 spiro atoms. The molecule has 0 saturated heterocycles. The number of carbonyl (C=O) groups excluding carboxylic acids is 2. The Morgan fingerprint density at radius 2 is 1.63 bits per heavy atom. The molecule has 0 aromatic heterocycles. The molecule has 9 heteroatoms. The molecule has 2 bridgehead atoms. The van der Waals surface area contributed by atoms with Crippen LogP contribution in [0.5, 0.6) is 0 Å². The number of nitrogens with two attached hydrogens (primary N) is 1. The Morgan fingerprint density at radius 3 is 2.11 bits per heavy atom. The fourth-order valence-electron chi connectivity index (χ4n) is 2.05. The number of carbonyl (C=O) groups is 2. The van der Waals surface area contributed by atoms with Crippen LogP contribution < -0.4 is 10.7 Å². The summed E-state index contributed by atoms with van der Waals surface area (Å²) in [6.45, 7) is 1.61. The number of sulfonamides is 1. The summed E-state index contributed by atoms with van der Waals surface area (Å²) in [5.74, 6) is 3.21. The summed E-state index contributed by atoms with van der Waals surface area (Å²) in [5, 5.41) is -0.479. The minimum atomic E-state index is -4.11. The summed E-state index contributed by atoms with van der Waals surface area (Å²) in [7, 11) is -4.11. The van der Waals surface area contributed by atoms with E-state index in [0.717, 1.165) is 0 Å². The summed E-state index contributed by atoms with van der Waals surface area (Å²) in [4.78, 5) is 24.8. The molecule has 1 aliphatic rings. The Labute approximate surface area is 118 Å². The van der Waals surface area contributed by atoms with Gasteiger partial charge in [-0.3, -0.25) is 15.4 Å². The van der Waals surface area contributed by atoms with Crippen LogP contribution in [0, 0.1) is 0 Å². The van der Waals surface area contributed by atoms with E-state index in [-0.39, 0.29) is 38.1 Å². The monoisotopic (exact) mass is 322 g/mol. The van der Waals surface area contributed by atoms with Crippen molar-refractivity contribution >= 4 is 44.8 Å². The van der Waals surface area contributed by atoms with Gasteiger partial charge in [0.2, 0.25) is 11.6 Å². The van der Waals surface area contributed by atoms with E-state index in [9.17, 15) is 18.0 Å². The van der Waals surface area contributed by atoms with Gasteiger partial charge in [-0.15, -0.1) is 4.83 Å². The van der Waals surface area contributed by atoms with Gasteiger partial charge in [0.25, 0.3) is 10.0 Å². The number of benzene rings is 1. The lowest BCUT2D eigenvalue weighted by Gasteiger charge is -2.12. The normalized spacial score (nSPS) is 14.3. The van der Waals surface area contributed by atoms with Crippen molar-refractivity contribution in [3.8, 4) is 0 Å². The van der Waals surface area contributed by atoms with Gasteiger partial charge in [-0.25, -0.2) is 8.42 Å². The van der Waals surface area contributed by atoms with Crippen molar-refractivity contribution < 1.29 is 18.0 Å². The predicted octanol–water partition coefficient (Wildman–Crippen LogP) is 1.09. The third-order valence-electron chi connectivity index (χ3n) is 2.87. The van der Waals surface area contributed by atoms with Crippen LogP contribution >= 0.6 is 23.2 Å². The van der Waals surface area contributed by atoms with Crippen molar-refractivity contribution in [2.24, 2.45) is 5.84 Å². The van der Waals surface area contributed by atoms with Crippen molar-refractivity contribution in [3.63, 3.8) is 0 Å². The maximum Gasteiger partial charge on any atom is 0.254 e. The Bertz CT molecular complexity index is 728. The number of ketones is 2. The molecule has 102 valence electrons. The van der Waals surface area contributed by atoms with Gasteiger partial charge in [-0.05, 0) is 12.0 Å². The first-order valence-corrected chi connectivity index (χ1v) is 7.37. The van der Waals surface area contributed by atoms with Crippen molar-refractivity contribution in [2.75, 3.05) is 0 Å². The van der Waals surface area contributed by atoms with Crippen LogP contribution in [0.1, 0.15) is 33.2 Å². The molecule has 1 aromatic rings. The molecule has 0 unspecified atom stereocenters. The molecule has 0 fully saturated rings. The average Bonchev–Trinajstić information content (AvgIpc) is 2.52. The van der Waals surface area contributed by atoms with Crippen molar-refractivity contribution in [3.05, 3.63) is 26.7 Å². The molecular formula is C10H8Cl2N2O4S. The van der Waals surface area contributed by atoms with Crippen LogP contribution in [0.25, 0.3) is 0 Å². The van der Waals surface area contributed by atoms with E-state index in [4.69, 9.17) is 29.0 Å². The first kappa shape index (κ1) is 14.4. The Balaban J connectivity index is 3.01. The van der Waals surface area contributed by atoms with Crippen LogP contribution in [-0.2, 0) is 16.4 Å². The number of hydrogen-bond acceptors (Lipinski definition) is 5. The standard InChI is InChI=1S/C10H8Cl2N2O4S/c1-2-3-4-6(11)5(9(16)8(4)15)7(12)10(3)19(17,18)14-13/h14H,2,13H2,1H3. The van der Waals surface area contributed by atoms with Crippen molar-refractivity contribution in [2.45, 2.75) is 18.2 Å². The van der Waals surface area contributed by atoms with Gasteiger partial charge >= 0.3 is 0 Å². The van der Waals surface area contributed by atoms with Gasteiger partial charge in [0.1, 0.15) is 4.90 Å². The van der Waals surface area contributed by atoms with Crippen LogP contribution in [-0.4, -0.2) is 20.0 Å². The SMILES string of the molecule is CCc1c2c(Cl)c(c(Cl)c1S(=O)(=O)NN)C(=O)C2=O. The van der Waals surface area contributed by atoms with Gasteiger partial charge in [0, 0.05) is 0 Å². The fourth-order valence-corrected chi connectivity index (χ4v) is 4.11. The van der Waals surface area contributed by atoms with Gasteiger partial charge in [0.05, 0.1) is 21.2 Å². The summed E-state index contributed by atoms with van der Waals surface area (Å²) in [6, 6.07) is 0. The molecule has 0 atom stereocenters. The summed E-state index contributed by atoms with van der Waals surface area (Å²) >= 11 is 11.8. The van der Waals surface area contributed by atoms with E-state index in [1.165, 1.54) is 0 Å². The number of fused-ring (bicyclic) bond motifs is 2. The van der Waals surface area contributed by atoms with E-state index in [2.05, 4.69) is 0 Å². The number of rotatable bonds is 3. The smallest absolute Gasteiger partial charge is 0.254 e. The molecule has 0 amide bonds. The molecule has 19 heavy (non-hydrogen) atoms. The number of Topliss-reactive ketones (excluding diaryl/α,β-unsaturated/α-hetero) is 2. The highest BCUT2D eigenvalue weighted by molar-refractivity contribution is 7.89. The quantitative estimate of drug-likeness (QED) is 0.492. The zero-order valence-electron chi connectivity index (χ0n) is 9.58. The Kier molecular flexibility index (Phi) is 3.44. The molecule has 0 heterocycles. The maximum atomic E-state index is 11.9. The van der Waals surface area contributed by atoms with Gasteiger partial charge in [-0.2, -0.15) is 0 Å². The summed E-state index contributed by atoms with van der Waals surface area (Å²) in [6.07, 6.45) is 0.157. The average molecular weight is 323 g/mol. The number of hydrogen-bond donors (Lipinski definition) is 2. The van der Waals surface area contributed by atoms with Crippen LogP contribution in [0.3, 0.4) is 0 Å². The van der Waals surface area contributed by atoms with E-state index in [1.54, 1.807) is 11.8 Å². The van der Waals surface area contributed by atoms with E-state index in [0.29, 0.717) is 0 Å². The van der Waals surface area contributed by atoms with Crippen LogP contribution in [0.2, 0.25) is 10.0 Å². The number of nitrogens with one attached hydrogen (secondary N) is 1. The van der Waals surface area contributed by atoms with E-state index in [1.807, 2.05) is 0 Å².